The van der Waals surface area contributed by atoms with Crippen molar-refractivity contribution in [1.29, 1.82) is 0 Å². The molecule has 2 aromatic rings. The number of benzene rings is 1. The molecule has 3 heteroatoms. The highest BCUT2D eigenvalue weighted by Crippen LogP contribution is 2.39. The highest BCUT2D eigenvalue weighted by atomic mass is 16.3. The largest absolute Gasteiger partial charge is 0.392 e. The Kier molecular flexibility index (Phi) is 3.10. The van der Waals surface area contributed by atoms with Gasteiger partial charge in [0.1, 0.15) is 6.10 Å². The zero-order valence-corrected chi connectivity index (χ0v) is 12.1. The van der Waals surface area contributed by atoms with Crippen molar-refractivity contribution in [3.05, 3.63) is 88.8 Å². The van der Waals surface area contributed by atoms with Gasteiger partial charge in [0.25, 0.3) is 0 Å². The lowest BCUT2D eigenvalue weighted by Gasteiger charge is -2.15. The SMILES string of the molecule is OCc1ccccc1C(O)c1ccn2c1C=C1C=CC=CC12. The highest BCUT2D eigenvalue weighted by Gasteiger charge is 2.27. The third-order valence-electron chi connectivity index (χ3n) is 4.44. The molecule has 2 atom stereocenters. The average Bonchev–Trinajstić information content (AvgIpc) is 3.13. The van der Waals surface area contributed by atoms with E-state index in [4.69, 9.17) is 0 Å². The number of allylic oxidation sites excluding steroid dienone is 5. The van der Waals surface area contributed by atoms with Gasteiger partial charge in [-0.1, -0.05) is 48.6 Å². The number of hydrogen-bond acceptors (Lipinski definition) is 2. The Morgan fingerprint density at radius 3 is 2.82 bits per heavy atom. The second-order valence-corrected chi connectivity index (χ2v) is 5.66. The highest BCUT2D eigenvalue weighted by molar-refractivity contribution is 5.66. The molecule has 1 aliphatic carbocycles. The average molecular weight is 291 g/mol. The van der Waals surface area contributed by atoms with Crippen molar-refractivity contribution in [2.75, 3.05) is 0 Å². The summed E-state index contributed by atoms with van der Waals surface area (Å²) in [5, 5.41) is 20.3. The van der Waals surface area contributed by atoms with Gasteiger partial charge in [-0.15, -0.1) is 0 Å². The number of nitrogens with zero attached hydrogens (tertiary/aromatic N) is 1. The molecule has 2 N–H and O–H groups in total. The molecule has 0 saturated heterocycles. The first-order valence-electron chi connectivity index (χ1n) is 7.43. The molecule has 110 valence electrons. The quantitative estimate of drug-likeness (QED) is 0.912. The fourth-order valence-electron chi connectivity index (χ4n) is 3.31. The number of aromatic nitrogens is 1. The molecular weight excluding hydrogens is 274 g/mol. The van der Waals surface area contributed by atoms with E-state index in [1.54, 1.807) is 0 Å². The molecule has 0 radical (unpaired) electrons. The number of hydrogen-bond donors (Lipinski definition) is 2. The second kappa shape index (κ2) is 5.13. The molecule has 0 bridgehead atoms. The van der Waals surface area contributed by atoms with Crippen LogP contribution in [0.15, 0.2) is 66.4 Å². The van der Waals surface area contributed by atoms with Gasteiger partial charge in [0.05, 0.1) is 12.6 Å². The minimum absolute atomic E-state index is 0.0710. The van der Waals surface area contributed by atoms with Crippen molar-refractivity contribution in [3.8, 4) is 0 Å². The van der Waals surface area contributed by atoms with Crippen molar-refractivity contribution >= 4 is 6.08 Å². The Labute approximate surface area is 129 Å². The molecule has 1 aromatic carbocycles. The Bertz CT molecular complexity index is 811. The smallest absolute Gasteiger partial charge is 0.106 e. The van der Waals surface area contributed by atoms with Crippen LogP contribution < -0.4 is 0 Å². The van der Waals surface area contributed by atoms with Crippen LogP contribution >= 0.6 is 0 Å². The molecule has 0 spiro atoms. The summed E-state index contributed by atoms with van der Waals surface area (Å²) < 4.78 is 2.18. The number of rotatable bonds is 3. The van der Waals surface area contributed by atoms with Crippen LogP contribution in [-0.4, -0.2) is 14.8 Å². The summed E-state index contributed by atoms with van der Waals surface area (Å²) >= 11 is 0. The van der Waals surface area contributed by atoms with Gasteiger partial charge in [-0.2, -0.15) is 0 Å². The maximum atomic E-state index is 10.8. The Morgan fingerprint density at radius 1 is 1.09 bits per heavy atom. The molecule has 22 heavy (non-hydrogen) atoms. The monoisotopic (exact) mass is 291 g/mol. The maximum absolute atomic E-state index is 10.8. The molecule has 1 aromatic heterocycles. The van der Waals surface area contributed by atoms with Gasteiger partial charge < -0.3 is 14.8 Å². The summed E-state index contributed by atoms with van der Waals surface area (Å²) in [5.74, 6) is 0. The third-order valence-corrected chi connectivity index (χ3v) is 4.44. The molecule has 2 heterocycles. The summed E-state index contributed by atoms with van der Waals surface area (Å²) in [4.78, 5) is 0. The summed E-state index contributed by atoms with van der Waals surface area (Å²) in [6.45, 7) is -0.0710. The van der Waals surface area contributed by atoms with Gasteiger partial charge in [0, 0.05) is 17.5 Å². The number of fused-ring (bicyclic) bond motifs is 3. The van der Waals surface area contributed by atoms with Gasteiger partial charge in [-0.05, 0) is 28.8 Å². The van der Waals surface area contributed by atoms with Crippen LogP contribution in [0, 0.1) is 0 Å². The van der Waals surface area contributed by atoms with E-state index in [0.717, 1.165) is 22.4 Å². The summed E-state index contributed by atoms with van der Waals surface area (Å²) in [6.07, 6.45) is 11.8. The molecule has 0 fully saturated rings. The zero-order chi connectivity index (χ0) is 15.1. The molecule has 2 aliphatic rings. The van der Waals surface area contributed by atoms with E-state index >= 15 is 0 Å². The lowest BCUT2D eigenvalue weighted by molar-refractivity contribution is 0.212. The maximum Gasteiger partial charge on any atom is 0.106 e. The van der Waals surface area contributed by atoms with Crippen LogP contribution in [0.5, 0.6) is 0 Å². The lowest BCUT2D eigenvalue weighted by Crippen LogP contribution is -2.06. The Balaban J connectivity index is 1.78. The van der Waals surface area contributed by atoms with Crippen molar-refractivity contribution in [3.63, 3.8) is 0 Å². The molecule has 3 nitrogen and oxygen atoms in total. The van der Waals surface area contributed by atoms with Crippen molar-refractivity contribution in [2.45, 2.75) is 18.8 Å². The molecule has 2 unspecified atom stereocenters. The number of aliphatic hydroxyl groups is 2. The molecule has 1 aliphatic heterocycles. The van der Waals surface area contributed by atoms with Crippen LogP contribution in [-0.2, 0) is 6.61 Å². The van der Waals surface area contributed by atoms with Gasteiger partial charge in [-0.25, -0.2) is 0 Å². The van der Waals surface area contributed by atoms with Crippen molar-refractivity contribution in [2.24, 2.45) is 0 Å². The van der Waals surface area contributed by atoms with Gasteiger partial charge >= 0.3 is 0 Å². The number of aliphatic hydroxyl groups excluding tert-OH is 2. The fraction of sp³-hybridized carbons (Fsp3) is 0.158. The van der Waals surface area contributed by atoms with Gasteiger partial charge in [0.15, 0.2) is 0 Å². The first kappa shape index (κ1) is 13.3. The van der Waals surface area contributed by atoms with Crippen molar-refractivity contribution in [1.82, 2.24) is 4.57 Å². The lowest BCUT2D eigenvalue weighted by atomic mass is 9.96. The van der Waals surface area contributed by atoms with E-state index in [1.807, 2.05) is 48.7 Å². The first-order chi connectivity index (χ1) is 10.8. The van der Waals surface area contributed by atoms with E-state index in [9.17, 15) is 10.2 Å². The van der Waals surface area contributed by atoms with Crippen LogP contribution in [0.1, 0.15) is 34.5 Å². The van der Waals surface area contributed by atoms with Crippen molar-refractivity contribution < 1.29 is 10.2 Å². The summed E-state index contributed by atoms with van der Waals surface area (Å²) in [6, 6.07) is 9.67. The Morgan fingerprint density at radius 2 is 1.95 bits per heavy atom. The molecule has 4 rings (SSSR count). The van der Waals surface area contributed by atoms with E-state index in [2.05, 4.69) is 22.8 Å². The standard InChI is InChI=1S/C19H17NO2/c21-12-14-6-1-3-7-15(14)19(22)16-9-10-20-17-8-4-2-5-13(17)11-18(16)20/h1-11,17,19,21-22H,12H2. The Hall–Kier alpha value is -2.36. The van der Waals surface area contributed by atoms with Crippen LogP contribution in [0.25, 0.3) is 6.08 Å². The molecular formula is C19H17NO2. The summed E-state index contributed by atoms with van der Waals surface area (Å²) in [5.41, 5.74) is 4.68. The first-order valence-corrected chi connectivity index (χ1v) is 7.43. The van der Waals surface area contributed by atoms with Gasteiger partial charge in [0.2, 0.25) is 0 Å². The van der Waals surface area contributed by atoms with E-state index < -0.39 is 6.10 Å². The normalized spacial score (nSPS) is 19.7. The summed E-state index contributed by atoms with van der Waals surface area (Å²) in [7, 11) is 0. The van der Waals surface area contributed by atoms with E-state index in [0.29, 0.717) is 0 Å². The topological polar surface area (TPSA) is 45.4 Å². The zero-order valence-electron chi connectivity index (χ0n) is 12.1. The predicted octanol–water partition coefficient (Wildman–Crippen LogP) is 3.13. The van der Waals surface area contributed by atoms with Crippen LogP contribution in [0.4, 0.5) is 0 Å². The predicted molar refractivity (Wildman–Crippen MR) is 86.2 cm³/mol. The van der Waals surface area contributed by atoms with Gasteiger partial charge in [-0.3, -0.25) is 0 Å². The minimum atomic E-state index is -0.732. The van der Waals surface area contributed by atoms with Crippen LogP contribution in [0.3, 0.4) is 0 Å². The molecule has 0 amide bonds. The van der Waals surface area contributed by atoms with E-state index in [1.165, 1.54) is 5.57 Å². The minimum Gasteiger partial charge on any atom is -0.392 e. The fourth-order valence-corrected chi connectivity index (χ4v) is 3.31. The third kappa shape index (κ3) is 1.90. The van der Waals surface area contributed by atoms with E-state index in [-0.39, 0.29) is 12.6 Å². The molecule has 0 saturated carbocycles. The van der Waals surface area contributed by atoms with Crippen LogP contribution in [0.2, 0.25) is 0 Å². The second-order valence-electron chi connectivity index (χ2n) is 5.66.